The molecule has 1 aliphatic rings. The van der Waals surface area contributed by atoms with Gasteiger partial charge in [-0.05, 0) is 25.0 Å². The highest BCUT2D eigenvalue weighted by Crippen LogP contribution is 2.28. The molecule has 0 atom stereocenters. The molecular weight excluding hydrogens is 250 g/mol. The number of rotatable bonds is 3. The lowest BCUT2D eigenvalue weighted by Gasteiger charge is -2.32. The van der Waals surface area contributed by atoms with Gasteiger partial charge in [-0.1, -0.05) is 36.9 Å². The smallest absolute Gasteiger partial charge is 0.227 e. The molecule has 0 bridgehead atoms. The standard InChI is InChI=1S/C13H18ClN3O/c14-10-5-4-6-11(16-10)17-12(18)9-13(15)7-2-1-3-8-13/h4-6H,1-3,7-9,15H2,(H,16,17,18). The maximum atomic E-state index is 11.9. The molecule has 0 radical (unpaired) electrons. The number of hydrogen-bond acceptors (Lipinski definition) is 3. The highest BCUT2D eigenvalue weighted by molar-refractivity contribution is 6.29. The minimum absolute atomic E-state index is 0.0887. The summed E-state index contributed by atoms with van der Waals surface area (Å²) in [6.07, 6.45) is 5.63. The molecular formula is C13H18ClN3O. The molecule has 1 heterocycles. The highest BCUT2D eigenvalue weighted by Gasteiger charge is 2.30. The lowest BCUT2D eigenvalue weighted by Crippen LogP contribution is -2.44. The second-order valence-corrected chi connectivity index (χ2v) is 5.38. The Morgan fingerprint density at radius 1 is 1.39 bits per heavy atom. The van der Waals surface area contributed by atoms with E-state index in [1.807, 2.05) is 0 Å². The molecule has 5 heteroatoms. The van der Waals surface area contributed by atoms with Crippen LogP contribution in [0.1, 0.15) is 38.5 Å². The van der Waals surface area contributed by atoms with E-state index in [2.05, 4.69) is 10.3 Å². The van der Waals surface area contributed by atoms with E-state index in [1.54, 1.807) is 18.2 Å². The molecule has 3 N–H and O–H groups in total. The number of carbonyl (C=O) groups excluding carboxylic acids is 1. The van der Waals surface area contributed by atoms with E-state index in [0.717, 1.165) is 25.7 Å². The van der Waals surface area contributed by atoms with Crippen LogP contribution in [0.4, 0.5) is 5.82 Å². The molecule has 0 unspecified atom stereocenters. The molecule has 0 aromatic carbocycles. The number of amides is 1. The van der Waals surface area contributed by atoms with Crippen molar-refractivity contribution in [2.75, 3.05) is 5.32 Å². The molecule has 1 aromatic rings. The Morgan fingerprint density at radius 3 is 2.78 bits per heavy atom. The van der Waals surface area contributed by atoms with E-state index in [0.29, 0.717) is 17.4 Å². The van der Waals surface area contributed by atoms with E-state index in [9.17, 15) is 4.79 Å². The van der Waals surface area contributed by atoms with Gasteiger partial charge in [-0.3, -0.25) is 4.79 Å². The fourth-order valence-electron chi connectivity index (χ4n) is 2.42. The minimum Gasteiger partial charge on any atom is -0.325 e. The van der Waals surface area contributed by atoms with Crippen molar-refractivity contribution in [2.45, 2.75) is 44.1 Å². The Balaban J connectivity index is 1.92. The molecule has 1 aromatic heterocycles. The largest absolute Gasteiger partial charge is 0.325 e. The zero-order chi connectivity index (χ0) is 13.0. The van der Waals surface area contributed by atoms with Crippen LogP contribution in [0.5, 0.6) is 0 Å². The topological polar surface area (TPSA) is 68.0 Å². The van der Waals surface area contributed by atoms with Gasteiger partial charge in [0, 0.05) is 12.0 Å². The van der Waals surface area contributed by atoms with E-state index < -0.39 is 0 Å². The van der Waals surface area contributed by atoms with Crippen molar-refractivity contribution in [1.29, 1.82) is 0 Å². The quantitative estimate of drug-likeness (QED) is 0.828. The summed E-state index contributed by atoms with van der Waals surface area (Å²) in [5, 5.41) is 3.11. The Kier molecular flexibility index (Phi) is 4.19. The fraction of sp³-hybridized carbons (Fsp3) is 0.538. The first kappa shape index (κ1) is 13.3. The predicted octanol–water partition coefficient (Wildman–Crippen LogP) is 2.73. The molecule has 0 aliphatic heterocycles. The Bertz CT molecular complexity index is 430. The van der Waals surface area contributed by atoms with Crippen molar-refractivity contribution in [3.05, 3.63) is 23.4 Å². The number of pyridine rings is 1. The summed E-state index contributed by atoms with van der Waals surface area (Å²) >= 11 is 5.76. The molecule has 4 nitrogen and oxygen atoms in total. The van der Waals surface area contributed by atoms with Gasteiger partial charge in [-0.2, -0.15) is 0 Å². The third-order valence-corrected chi connectivity index (χ3v) is 3.56. The van der Waals surface area contributed by atoms with Gasteiger partial charge in [0.15, 0.2) is 0 Å². The van der Waals surface area contributed by atoms with Crippen molar-refractivity contribution in [2.24, 2.45) is 5.73 Å². The van der Waals surface area contributed by atoms with Crippen molar-refractivity contribution in [1.82, 2.24) is 4.98 Å². The third-order valence-electron chi connectivity index (χ3n) is 3.34. The molecule has 1 aliphatic carbocycles. The van der Waals surface area contributed by atoms with E-state index >= 15 is 0 Å². The lowest BCUT2D eigenvalue weighted by molar-refractivity contribution is -0.117. The van der Waals surface area contributed by atoms with Crippen LogP contribution < -0.4 is 11.1 Å². The number of anilines is 1. The number of aromatic nitrogens is 1. The van der Waals surface area contributed by atoms with Gasteiger partial charge in [0.25, 0.3) is 0 Å². The van der Waals surface area contributed by atoms with Crippen LogP contribution in [0.3, 0.4) is 0 Å². The SMILES string of the molecule is NC1(CC(=O)Nc2cccc(Cl)n2)CCCCC1. The van der Waals surface area contributed by atoms with Crippen molar-refractivity contribution >= 4 is 23.3 Å². The third kappa shape index (κ3) is 3.68. The number of halogens is 1. The lowest BCUT2D eigenvalue weighted by atomic mass is 9.80. The summed E-state index contributed by atoms with van der Waals surface area (Å²) in [5.74, 6) is 0.390. The van der Waals surface area contributed by atoms with E-state index in [1.165, 1.54) is 6.42 Å². The first-order valence-electron chi connectivity index (χ1n) is 6.29. The van der Waals surface area contributed by atoms with Crippen LogP contribution in [-0.2, 0) is 4.79 Å². The van der Waals surface area contributed by atoms with Gasteiger partial charge in [-0.25, -0.2) is 4.98 Å². The monoisotopic (exact) mass is 267 g/mol. The van der Waals surface area contributed by atoms with Crippen LogP contribution in [0, 0.1) is 0 Å². The molecule has 1 fully saturated rings. The average Bonchev–Trinajstić information content (AvgIpc) is 2.28. The molecule has 1 amide bonds. The normalized spacial score (nSPS) is 18.3. The van der Waals surface area contributed by atoms with Crippen molar-refractivity contribution < 1.29 is 4.79 Å². The summed E-state index contributed by atoms with van der Waals surface area (Å²) in [6.45, 7) is 0. The van der Waals surface area contributed by atoms with Gasteiger partial charge in [-0.15, -0.1) is 0 Å². The summed E-state index contributed by atoms with van der Waals surface area (Å²) < 4.78 is 0. The average molecular weight is 268 g/mol. The van der Waals surface area contributed by atoms with Gasteiger partial charge < -0.3 is 11.1 Å². The second-order valence-electron chi connectivity index (χ2n) is 4.99. The van der Waals surface area contributed by atoms with Crippen LogP contribution in [0.15, 0.2) is 18.2 Å². The van der Waals surface area contributed by atoms with Gasteiger partial charge in [0.05, 0.1) is 0 Å². The van der Waals surface area contributed by atoms with Gasteiger partial charge in [0.2, 0.25) is 5.91 Å². The number of nitrogens with two attached hydrogens (primary N) is 1. The maximum Gasteiger partial charge on any atom is 0.227 e. The summed E-state index contributed by atoms with van der Waals surface area (Å²) in [7, 11) is 0. The van der Waals surface area contributed by atoms with Crippen LogP contribution in [0.2, 0.25) is 5.15 Å². The predicted molar refractivity (Wildman–Crippen MR) is 72.5 cm³/mol. The Labute approximate surface area is 112 Å². The van der Waals surface area contributed by atoms with Gasteiger partial charge >= 0.3 is 0 Å². The first-order chi connectivity index (χ1) is 8.57. The van der Waals surface area contributed by atoms with Crippen LogP contribution >= 0.6 is 11.6 Å². The molecule has 1 saturated carbocycles. The van der Waals surface area contributed by atoms with Crippen molar-refractivity contribution in [3.63, 3.8) is 0 Å². The molecule has 0 saturated heterocycles. The first-order valence-corrected chi connectivity index (χ1v) is 6.67. The van der Waals surface area contributed by atoms with Crippen LogP contribution in [0.25, 0.3) is 0 Å². The maximum absolute atomic E-state index is 11.9. The van der Waals surface area contributed by atoms with Crippen molar-refractivity contribution in [3.8, 4) is 0 Å². The van der Waals surface area contributed by atoms with E-state index in [-0.39, 0.29) is 11.4 Å². The zero-order valence-electron chi connectivity index (χ0n) is 10.3. The number of hydrogen-bond donors (Lipinski definition) is 2. The minimum atomic E-state index is -0.346. The molecule has 2 rings (SSSR count). The molecule has 18 heavy (non-hydrogen) atoms. The highest BCUT2D eigenvalue weighted by atomic mass is 35.5. The number of carbonyl (C=O) groups is 1. The Hall–Kier alpha value is -1.13. The Morgan fingerprint density at radius 2 is 2.11 bits per heavy atom. The van der Waals surface area contributed by atoms with Crippen LogP contribution in [-0.4, -0.2) is 16.4 Å². The zero-order valence-corrected chi connectivity index (χ0v) is 11.0. The molecule has 98 valence electrons. The fourth-order valence-corrected chi connectivity index (χ4v) is 2.58. The second kappa shape index (κ2) is 5.67. The summed E-state index contributed by atoms with van der Waals surface area (Å²) in [6, 6.07) is 5.14. The van der Waals surface area contributed by atoms with Gasteiger partial charge in [0.1, 0.15) is 11.0 Å². The number of nitrogens with zero attached hydrogens (tertiary/aromatic N) is 1. The summed E-state index contributed by atoms with van der Waals surface area (Å²) in [4.78, 5) is 15.9. The molecule has 0 spiro atoms. The van der Waals surface area contributed by atoms with E-state index in [4.69, 9.17) is 17.3 Å². The summed E-state index contributed by atoms with van der Waals surface area (Å²) in [5.41, 5.74) is 5.89. The number of nitrogens with one attached hydrogen (secondary N) is 1.